The first-order valence-electron chi connectivity index (χ1n) is 8.29. The van der Waals surface area contributed by atoms with Crippen LogP contribution in [0.3, 0.4) is 0 Å². The molecule has 0 spiro atoms. The normalized spacial score (nSPS) is 17.7. The lowest BCUT2D eigenvalue weighted by atomic mass is 9.99. The lowest BCUT2D eigenvalue weighted by molar-refractivity contribution is -0.0500. The molecule has 1 aliphatic heterocycles. The molecule has 5 nitrogen and oxygen atoms in total. The monoisotopic (exact) mass is 399 g/mol. The van der Waals surface area contributed by atoms with E-state index in [4.69, 9.17) is 4.74 Å². The molecule has 0 aromatic heterocycles. The number of ether oxygens (including phenoxy) is 1. The van der Waals surface area contributed by atoms with Crippen LogP contribution in [-0.2, 0) is 16.5 Å². The van der Waals surface area contributed by atoms with Crippen LogP contribution < -0.4 is 8.92 Å². The predicted octanol–water partition coefficient (Wildman–Crippen LogP) is 3.48. The molecule has 0 bridgehead atoms. The number of rotatable bonds is 7. The first-order chi connectivity index (χ1) is 12.1. The molecule has 26 heavy (non-hydrogen) atoms. The Bertz CT molecular complexity index is 731. The van der Waals surface area contributed by atoms with E-state index in [2.05, 4.69) is 9.08 Å². The van der Waals surface area contributed by atoms with Crippen LogP contribution in [-0.4, -0.2) is 44.6 Å². The summed E-state index contributed by atoms with van der Waals surface area (Å²) in [4.78, 5) is 2.09. The van der Waals surface area contributed by atoms with Crippen LogP contribution in [0.2, 0.25) is 0 Å². The van der Waals surface area contributed by atoms with Crippen molar-refractivity contribution in [2.75, 3.05) is 19.7 Å². The summed E-state index contributed by atoms with van der Waals surface area (Å²) in [5.74, 6) is -1.59. The minimum atomic E-state index is -5.85. The van der Waals surface area contributed by atoms with Crippen LogP contribution in [0.15, 0.2) is 12.1 Å². The van der Waals surface area contributed by atoms with Crippen molar-refractivity contribution < 1.29 is 34.9 Å². The Hall–Kier alpha value is -1.55. The van der Waals surface area contributed by atoms with Crippen molar-refractivity contribution in [2.24, 2.45) is 0 Å². The van der Waals surface area contributed by atoms with Crippen LogP contribution >= 0.6 is 0 Å². The van der Waals surface area contributed by atoms with Gasteiger partial charge in [-0.2, -0.15) is 21.6 Å². The van der Waals surface area contributed by atoms with Crippen molar-refractivity contribution in [1.29, 1.82) is 0 Å². The molecule has 1 aliphatic rings. The van der Waals surface area contributed by atoms with Crippen molar-refractivity contribution in [1.82, 2.24) is 4.90 Å². The minimum absolute atomic E-state index is 0.00807. The molecule has 10 heteroatoms. The number of halogens is 4. The van der Waals surface area contributed by atoms with Gasteiger partial charge in [-0.15, -0.1) is 0 Å². The van der Waals surface area contributed by atoms with E-state index < -0.39 is 27.2 Å². The molecular weight excluding hydrogens is 378 g/mol. The fourth-order valence-corrected chi connectivity index (χ4v) is 3.42. The maximum Gasteiger partial charge on any atom is 0.534 e. The molecule has 0 N–H and O–H groups in total. The third-order valence-electron chi connectivity index (χ3n) is 4.05. The molecule has 0 fully saturated rings. The van der Waals surface area contributed by atoms with Crippen LogP contribution in [0, 0.1) is 5.82 Å². The Morgan fingerprint density at radius 2 is 1.85 bits per heavy atom. The zero-order valence-corrected chi connectivity index (χ0v) is 15.3. The third kappa shape index (κ3) is 4.40. The zero-order chi connectivity index (χ0) is 19.5. The molecule has 1 atom stereocenters. The van der Waals surface area contributed by atoms with E-state index in [0.29, 0.717) is 0 Å². The summed E-state index contributed by atoms with van der Waals surface area (Å²) in [5, 5.41) is 0. The van der Waals surface area contributed by atoms with Gasteiger partial charge in [0, 0.05) is 11.6 Å². The second kappa shape index (κ2) is 7.99. The number of hydrogen-bond donors (Lipinski definition) is 0. The maximum atomic E-state index is 14.0. The van der Waals surface area contributed by atoms with Gasteiger partial charge in [-0.05, 0) is 44.5 Å². The molecule has 0 radical (unpaired) electrons. The fraction of sp³-hybridized carbons (Fsp3) is 0.625. The highest BCUT2D eigenvalue weighted by Crippen LogP contribution is 2.38. The number of fused-ring (bicyclic) bond motifs is 1. The average molecular weight is 399 g/mol. The lowest BCUT2D eigenvalue weighted by Gasteiger charge is -2.35. The minimum Gasteiger partial charge on any atom is -0.488 e. The first kappa shape index (κ1) is 20.8. The summed E-state index contributed by atoms with van der Waals surface area (Å²) in [6.07, 6.45) is 1.85. The molecule has 2 rings (SSSR count). The Morgan fingerprint density at radius 1 is 1.23 bits per heavy atom. The quantitative estimate of drug-likeness (QED) is 0.399. The summed E-state index contributed by atoms with van der Waals surface area (Å²) in [6.45, 7) is 5.63. The molecular formula is C16H21F4NO4S. The standard InChI is InChI=1S/C16H21F4NO4S/c1-3-7-21(8-4-2)11-9-12-14(25-26(22,23)16(18,19)20)6-5-13(17)15(12)24-10-11/h5-6,11H,3-4,7-10H2,1-2H3/t11-/m1/s1. The van der Waals surface area contributed by atoms with E-state index in [1.165, 1.54) is 0 Å². The molecule has 0 saturated carbocycles. The summed E-state index contributed by atoms with van der Waals surface area (Å²) in [7, 11) is -5.85. The van der Waals surface area contributed by atoms with Crippen molar-refractivity contribution in [2.45, 2.75) is 44.7 Å². The smallest absolute Gasteiger partial charge is 0.488 e. The zero-order valence-electron chi connectivity index (χ0n) is 14.5. The van der Waals surface area contributed by atoms with Crippen molar-refractivity contribution >= 4 is 10.1 Å². The Balaban J connectivity index is 2.36. The third-order valence-corrected chi connectivity index (χ3v) is 5.02. The van der Waals surface area contributed by atoms with Crippen molar-refractivity contribution in [3.63, 3.8) is 0 Å². The van der Waals surface area contributed by atoms with Crippen LogP contribution in [0.25, 0.3) is 0 Å². The SMILES string of the molecule is CCCN(CCC)[C@H]1COc2c(F)ccc(OS(=O)(=O)C(F)(F)F)c2C1. The number of alkyl halides is 3. The summed E-state index contributed by atoms with van der Waals surface area (Å²) in [6, 6.07) is 1.50. The van der Waals surface area contributed by atoms with E-state index in [-0.39, 0.29) is 30.4 Å². The highest BCUT2D eigenvalue weighted by atomic mass is 32.2. The Labute approximate surface area is 150 Å². The van der Waals surface area contributed by atoms with E-state index >= 15 is 0 Å². The van der Waals surface area contributed by atoms with Gasteiger partial charge < -0.3 is 8.92 Å². The summed E-state index contributed by atoms with van der Waals surface area (Å²) >= 11 is 0. The molecule has 1 heterocycles. The molecule has 148 valence electrons. The lowest BCUT2D eigenvalue weighted by Crippen LogP contribution is -2.44. The second-order valence-electron chi connectivity index (χ2n) is 6.04. The molecule has 0 amide bonds. The molecule has 1 aromatic rings. The van der Waals surface area contributed by atoms with Gasteiger partial charge >= 0.3 is 15.6 Å². The van der Waals surface area contributed by atoms with E-state index in [1.54, 1.807) is 0 Å². The Morgan fingerprint density at radius 3 is 2.38 bits per heavy atom. The average Bonchev–Trinajstić information content (AvgIpc) is 2.56. The number of nitrogens with zero attached hydrogens (tertiary/aromatic N) is 1. The molecule has 0 aliphatic carbocycles. The van der Waals surface area contributed by atoms with Crippen LogP contribution in [0.5, 0.6) is 11.5 Å². The van der Waals surface area contributed by atoms with E-state index in [9.17, 15) is 26.0 Å². The topological polar surface area (TPSA) is 55.8 Å². The molecule has 0 unspecified atom stereocenters. The van der Waals surface area contributed by atoms with Gasteiger partial charge in [0.2, 0.25) is 0 Å². The van der Waals surface area contributed by atoms with Gasteiger partial charge in [0.15, 0.2) is 11.6 Å². The van der Waals surface area contributed by atoms with Gasteiger partial charge in [-0.3, -0.25) is 4.90 Å². The first-order valence-corrected chi connectivity index (χ1v) is 9.70. The molecule has 1 aromatic carbocycles. The van der Waals surface area contributed by atoms with Crippen molar-refractivity contribution in [3.05, 3.63) is 23.5 Å². The Kier molecular flexibility index (Phi) is 6.38. The summed E-state index contributed by atoms with van der Waals surface area (Å²) < 4.78 is 84.1. The van der Waals surface area contributed by atoms with Crippen LogP contribution in [0.1, 0.15) is 32.3 Å². The van der Waals surface area contributed by atoms with Crippen LogP contribution in [0.4, 0.5) is 17.6 Å². The predicted molar refractivity (Wildman–Crippen MR) is 87.1 cm³/mol. The van der Waals surface area contributed by atoms with Gasteiger partial charge in [-0.1, -0.05) is 13.8 Å². The highest BCUT2D eigenvalue weighted by molar-refractivity contribution is 7.88. The molecule has 0 saturated heterocycles. The maximum absolute atomic E-state index is 14.0. The van der Waals surface area contributed by atoms with Crippen molar-refractivity contribution in [3.8, 4) is 11.5 Å². The number of benzene rings is 1. The van der Waals surface area contributed by atoms with Gasteiger partial charge in [-0.25, -0.2) is 4.39 Å². The largest absolute Gasteiger partial charge is 0.534 e. The van der Waals surface area contributed by atoms with E-state index in [1.807, 2.05) is 13.8 Å². The highest BCUT2D eigenvalue weighted by Gasteiger charge is 2.49. The fourth-order valence-electron chi connectivity index (χ4n) is 2.93. The van der Waals surface area contributed by atoms with Gasteiger partial charge in [0.1, 0.15) is 12.4 Å². The number of hydrogen-bond acceptors (Lipinski definition) is 5. The van der Waals surface area contributed by atoms with E-state index in [0.717, 1.165) is 38.1 Å². The van der Waals surface area contributed by atoms with Gasteiger partial charge in [0.25, 0.3) is 0 Å². The summed E-state index contributed by atoms with van der Waals surface area (Å²) in [5.41, 5.74) is -5.58. The van der Waals surface area contributed by atoms with Gasteiger partial charge in [0.05, 0.1) is 0 Å². The second-order valence-corrected chi connectivity index (χ2v) is 7.58.